The van der Waals surface area contributed by atoms with Gasteiger partial charge >= 0.3 is 6.09 Å². The van der Waals surface area contributed by atoms with E-state index in [1.165, 1.54) is 11.5 Å². The van der Waals surface area contributed by atoms with E-state index in [-0.39, 0.29) is 11.6 Å². The maximum Gasteiger partial charge on any atom is 0.408 e. The SMILES string of the molecule is CC(C)(C)OC(=O)NC1(CNCc2csnn2)CCC1. The number of ether oxygens (including phenoxy) is 1. The summed E-state index contributed by atoms with van der Waals surface area (Å²) >= 11 is 1.34. The number of nitrogens with zero attached hydrogens (tertiary/aromatic N) is 2. The fourth-order valence-corrected chi connectivity index (χ4v) is 2.61. The Hall–Kier alpha value is -1.21. The summed E-state index contributed by atoms with van der Waals surface area (Å²) in [4.78, 5) is 11.9. The quantitative estimate of drug-likeness (QED) is 0.870. The second-order valence-corrected chi connectivity index (χ2v) is 6.87. The average molecular weight is 298 g/mol. The van der Waals surface area contributed by atoms with Crippen molar-refractivity contribution in [2.45, 2.75) is 57.7 Å². The molecule has 0 aliphatic heterocycles. The Morgan fingerprint density at radius 2 is 2.25 bits per heavy atom. The Morgan fingerprint density at radius 1 is 1.50 bits per heavy atom. The number of alkyl carbamates (subject to hydrolysis) is 1. The highest BCUT2D eigenvalue weighted by molar-refractivity contribution is 7.03. The largest absolute Gasteiger partial charge is 0.444 e. The standard InChI is InChI=1S/C13H22N4O2S/c1-12(2,3)19-11(18)15-13(5-4-6-13)9-14-7-10-8-20-17-16-10/h8,14H,4-7,9H2,1-3H3,(H,15,18). The first-order valence-corrected chi connectivity index (χ1v) is 7.70. The van der Waals surface area contributed by atoms with Gasteiger partial charge in [-0.3, -0.25) is 0 Å². The van der Waals surface area contributed by atoms with Crippen molar-refractivity contribution in [1.82, 2.24) is 20.2 Å². The van der Waals surface area contributed by atoms with E-state index in [1.807, 2.05) is 26.2 Å². The van der Waals surface area contributed by atoms with E-state index in [0.717, 1.165) is 31.5 Å². The van der Waals surface area contributed by atoms with Gasteiger partial charge < -0.3 is 15.4 Å². The van der Waals surface area contributed by atoms with Crippen LogP contribution in [0.1, 0.15) is 45.7 Å². The predicted octanol–water partition coefficient (Wildman–Crippen LogP) is 2.08. The molecular formula is C13H22N4O2S. The first kappa shape index (κ1) is 15.2. The first-order chi connectivity index (χ1) is 9.39. The molecule has 1 heterocycles. The van der Waals surface area contributed by atoms with Crippen LogP contribution in [0.5, 0.6) is 0 Å². The van der Waals surface area contributed by atoms with Gasteiger partial charge in [0.15, 0.2) is 0 Å². The minimum atomic E-state index is -0.464. The van der Waals surface area contributed by atoms with Gasteiger partial charge in [0.2, 0.25) is 0 Å². The summed E-state index contributed by atoms with van der Waals surface area (Å²) in [7, 11) is 0. The minimum Gasteiger partial charge on any atom is -0.444 e. The number of nitrogens with one attached hydrogen (secondary N) is 2. The molecule has 20 heavy (non-hydrogen) atoms. The van der Waals surface area contributed by atoms with Gasteiger partial charge in [-0.1, -0.05) is 4.49 Å². The molecule has 6 nitrogen and oxygen atoms in total. The van der Waals surface area contributed by atoms with Crippen LogP contribution in [0.4, 0.5) is 4.79 Å². The van der Waals surface area contributed by atoms with Gasteiger partial charge in [-0.05, 0) is 51.6 Å². The molecule has 1 aromatic heterocycles. The summed E-state index contributed by atoms with van der Waals surface area (Å²) in [6.07, 6.45) is 2.76. The summed E-state index contributed by atoms with van der Waals surface area (Å²) in [5.41, 5.74) is 0.294. The third-order valence-corrected chi connectivity index (χ3v) is 3.80. The average Bonchev–Trinajstić information content (AvgIpc) is 2.75. The number of hydrogen-bond acceptors (Lipinski definition) is 6. The van der Waals surface area contributed by atoms with E-state index in [9.17, 15) is 4.79 Å². The highest BCUT2D eigenvalue weighted by Gasteiger charge is 2.39. The van der Waals surface area contributed by atoms with E-state index in [4.69, 9.17) is 4.74 Å². The molecule has 1 aromatic rings. The molecule has 7 heteroatoms. The molecule has 0 aromatic carbocycles. The van der Waals surface area contributed by atoms with Crippen molar-refractivity contribution in [1.29, 1.82) is 0 Å². The van der Waals surface area contributed by atoms with Gasteiger partial charge in [-0.15, -0.1) is 5.10 Å². The van der Waals surface area contributed by atoms with Crippen molar-refractivity contribution in [2.24, 2.45) is 0 Å². The van der Waals surface area contributed by atoms with Crippen molar-refractivity contribution in [3.8, 4) is 0 Å². The first-order valence-electron chi connectivity index (χ1n) is 6.86. The lowest BCUT2D eigenvalue weighted by atomic mass is 9.76. The zero-order valence-corrected chi connectivity index (χ0v) is 13.0. The third kappa shape index (κ3) is 4.42. The number of hydrogen-bond donors (Lipinski definition) is 2. The number of carbonyl (C=O) groups excluding carboxylic acids is 1. The van der Waals surface area contributed by atoms with E-state index in [0.29, 0.717) is 6.54 Å². The van der Waals surface area contributed by atoms with Crippen LogP contribution in [0.25, 0.3) is 0 Å². The monoisotopic (exact) mass is 298 g/mol. The lowest BCUT2D eigenvalue weighted by molar-refractivity contribution is 0.0382. The zero-order chi connectivity index (χ0) is 14.6. The van der Waals surface area contributed by atoms with E-state index >= 15 is 0 Å². The van der Waals surface area contributed by atoms with Gasteiger partial charge in [-0.25, -0.2) is 4.79 Å². The molecule has 0 radical (unpaired) electrons. The number of carbonyl (C=O) groups is 1. The van der Waals surface area contributed by atoms with Crippen molar-refractivity contribution in [3.63, 3.8) is 0 Å². The van der Waals surface area contributed by atoms with Crippen molar-refractivity contribution in [3.05, 3.63) is 11.1 Å². The highest BCUT2D eigenvalue weighted by Crippen LogP contribution is 2.31. The molecule has 2 N–H and O–H groups in total. The Morgan fingerprint density at radius 3 is 2.75 bits per heavy atom. The second-order valence-electron chi connectivity index (χ2n) is 6.26. The fraction of sp³-hybridized carbons (Fsp3) is 0.769. The van der Waals surface area contributed by atoms with E-state index < -0.39 is 5.60 Å². The van der Waals surface area contributed by atoms with Gasteiger partial charge in [0, 0.05) is 18.5 Å². The van der Waals surface area contributed by atoms with Gasteiger partial charge in [0.1, 0.15) is 5.60 Å². The number of amides is 1. The summed E-state index contributed by atoms with van der Waals surface area (Å²) in [6.45, 7) is 7.01. The Bertz CT molecular complexity index is 438. The topological polar surface area (TPSA) is 76.1 Å². The Balaban J connectivity index is 1.78. The number of aromatic nitrogens is 2. The summed E-state index contributed by atoms with van der Waals surface area (Å²) in [5, 5.41) is 12.2. The molecule has 0 unspecified atom stereocenters. The molecule has 1 amide bonds. The smallest absolute Gasteiger partial charge is 0.408 e. The van der Waals surface area contributed by atoms with Gasteiger partial charge in [-0.2, -0.15) is 0 Å². The van der Waals surface area contributed by atoms with Crippen LogP contribution < -0.4 is 10.6 Å². The van der Waals surface area contributed by atoms with Crippen LogP contribution in [0, 0.1) is 0 Å². The molecule has 112 valence electrons. The van der Waals surface area contributed by atoms with Gasteiger partial charge in [0.05, 0.1) is 11.2 Å². The number of rotatable bonds is 5. The predicted molar refractivity (Wildman–Crippen MR) is 77.6 cm³/mol. The minimum absolute atomic E-state index is 0.175. The molecule has 1 saturated carbocycles. The zero-order valence-electron chi connectivity index (χ0n) is 12.2. The molecule has 1 aliphatic rings. The third-order valence-electron chi connectivity index (χ3n) is 3.25. The van der Waals surface area contributed by atoms with E-state index in [1.54, 1.807) is 0 Å². The van der Waals surface area contributed by atoms with Crippen LogP contribution in [0.15, 0.2) is 5.38 Å². The fourth-order valence-electron chi connectivity index (χ4n) is 2.16. The Kier molecular flexibility index (Phi) is 4.59. The molecule has 0 saturated heterocycles. The lowest BCUT2D eigenvalue weighted by Crippen LogP contribution is -2.59. The molecule has 2 rings (SSSR count). The molecule has 1 aliphatic carbocycles. The molecule has 0 bridgehead atoms. The summed E-state index contributed by atoms with van der Waals surface area (Å²) in [6, 6.07) is 0. The highest BCUT2D eigenvalue weighted by atomic mass is 32.1. The normalized spacial score (nSPS) is 17.4. The van der Waals surface area contributed by atoms with Crippen LogP contribution in [-0.4, -0.2) is 33.4 Å². The maximum atomic E-state index is 11.9. The van der Waals surface area contributed by atoms with Crippen LogP contribution in [0.2, 0.25) is 0 Å². The lowest BCUT2D eigenvalue weighted by Gasteiger charge is -2.42. The van der Waals surface area contributed by atoms with Gasteiger partial charge in [0.25, 0.3) is 0 Å². The summed E-state index contributed by atoms with van der Waals surface area (Å²) in [5.74, 6) is 0. The summed E-state index contributed by atoms with van der Waals surface area (Å²) < 4.78 is 9.14. The van der Waals surface area contributed by atoms with Crippen LogP contribution in [0.3, 0.4) is 0 Å². The molecule has 1 fully saturated rings. The second kappa shape index (κ2) is 6.05. The van der Waals surface area contributed by atoms with Crippen molar-refractivity contribution < 1.29 is 9.53 Å². The molecule has 0 atom stereocenters. The van der Waals surface area contributed by atoms with E-state index in [2.05, 4.69) is 20.2 Å². The Labute approximate surface area is 123 Å². The maximum absolute atomic E-state index is 11.9. The van der Waals surface area contributed by atoms with Crippen molar-refractivity contribution in [2.75, 3.05) is 6.54 Å². The molecule has 0 spiro atoms. The van der Waals surface area contributed by atoms with Crippen molar-refractivity contribution >= 4 is 17.6 Å². The van der Waals surface area contributed by atoms with Crippen LogP contribution in [-0.2, 0) is 11.3 Å². The van der Waals surface area contributed by atoms with Crippen LogP contribution >= 0.6 is 11.5 Å². The molecular weight excluding hydrogens is 276 g/mol.